The van der Waals surface area contributed by atoms with Gasteiger partial charge in [-0.3, -0.25) is 9.59 Å². The van der Waals surface area contributed by atoms with E-state index in [2.05, 4.69) is 10.0 Å². The molecular formula is C18H26N2O5S. The van der Waals surface area contributed by atoms with E-state index in [1.807, 2.05) is 6.92 Å². The molecule has 144 valence electrons. The molecule has 0 radical (unpaired) electrons. The molecule has 1 amide bonds. The summed E-state index contributed by atoms with van der Waals surface area (Å²) in [5.74, 6) is -1.54. The summed E-state index contributed by atoms with van der Waals surface area (Å²) in [5.41, 5.74) is 0.901. The average Bonchev–Trinajstić information content (AvgIpc) is 2.59. The number of sulfonamides is 1. The topological polar surface area (TPSA) is 113 Å². The Kier molecular flexibility index (Phi) is 7.16. The van der Waals surface area contributed by atoms with Gasteiger partial charge in [0.25, 0.3) is 0 Å². The minimum absolute atomic E-state index is 0.000933. The third-order valence-electron chi connectivity index (χ3n) is 4.56. The fourth-order valence-electron chi connectivity index (χ4n) is 3.03. The van der Waals surface area contributed by atoms with Crippen LogP contribution < -0.4 is 10.0 Å². The molecular weight excluding hydrogens is 356 g/mol. The van der Waals surface area contributed by atoms with Crippen LogP contribution >= 0.6 is 0 Å². The van der Waals surface area contributed by atoms with Crippen molar-refractivity contribution < 1.29 is 23.1 Å². The molecule has 1 fully saturated rings. The number of benzene rings is 1. The van der Waals surface area contributed by atoms with E-state index in [4.69, 9.17) is 0 Å². The van der Waals surface area contributed by atoms with Gasteiger partial charge in [-0.15, -0.1) is 0 Å². The van der Waals surface area contributed by atoms with Gasteiger partial charge in [-0.25, -0.2) is 8.42 Å². The zero-order valence-corrected chi connectivity index (χ0v) is 15.7. The molecule has 1 saturated carbocycles. The van der Waals surface area contributed by atoms with E-state index in [0.717, 1.165) is 31.2 Å². The number of carbonyl (C=O) groups excluding carboxylic acids is 1. The molecule has 8 heteroatoms. The zero-order valence-electron chi connectivity index (χ0n) is 14.9. The second-order valence-corrected chi connectivity index (χ2v) is 8.48. The molecule has 0 aliphatic heterocycles. The molecule has 0 bridgehead atoms. The summed E-state index contributed by atoms with van der Waals surface area (Å²) >= 11 is 0. The lowest BCUT2D eigenvalue weighted by Crippen LogP contribution is -2.42. The second kappa shape index (κ2) is 9.14. The number of hydrogen-bond acceptors (Lipinski definition) is 4. The summed E-state index contributed by atoms with van der Waals surface area (Å²) in [6.07, 6.45) is 5.08. The predicted molar refractivity (Wildman–Crippen MR) is 97.2 cm³/mol. The first-order valence-corrected chi connectivity index (χ1v) is 10.4. The third-order valence-corrected chi connectivity index (χ3v) is 6.04. The Hall–Kier alpha value is -1.93. The number of carbonyl (C=O) groups is 2. The number of rotatable bonds is 8. The first-order chi connectivity index (χ1) is 12.3. The van der Waals surface area contributed by atoms with E-state index < -0.39 is 22.0 Å². The van der Waals surface area contributed by atoms with Crippen LogP contribution in [0.1, 0.15) is 50.5 Å². The maximum Gasteiger partial charge on any atom is 0.321 e. The van der Waals surface area contributed by atoms with E-state index in [1.54, 1.807) is 12.1 Å². The number of carboxylic acids is 1. The van der Waals surface area contributed by atoms with Crippen LogP contribution in [0.5, 0.6) is 0 Å². The van der Waals surface area contributed by atoms with Crippen molar-refractivity contribution in [1.29, 1.82) is 0 Å². The quantitative estimate of drug-likeness (QED) is 0.636. The lowest BCUT2D eigenvalue weighted by atomic mass is 9.95. The summed E-state index contributed by atoms with van der Waals surface area (Å²) < 4.78 is 26.9. The van der Waals surface area contributed by atoms with Crippen LogP contribution in [0, 0.1) is 6.92 Å². The van der Waals surface area contributed by atoms with E-state index in [1.165, 1.54) is 18.6 Å². The fraction of sp³-hybridized carbons (Fsp3) is 0.556. The van der Waals surface area contributed by atoms with Gasteiger partial charge in [0.15, 0.2) is 0 Å². The third kappa shape index (κ3) is 6.10. The van der Waals surface area contributed by atoms with Crippen LogP contribution in [0.4, 0.5) is 0 Å². The van der Waals surface area contributed by atoms with Gasteiger partial charge in [-0.2, -0.15) is 4.72 Å². The summed E-state index contributed by atoms with van der Waals surface area (Å²) in [4.78, 5) is 23.4. The van der Waals surface area contributed by atoms with Gasteiger partial charge in [0.1, 0.15) is 6.04 Å². The first-order valence-electron chi connectivity index (χ1n) is 8.89. The van der Waals surface area contributed by atoms with Crippen molar-refractivity contribution in [3.63, 3.8) is 0 Å². The van der Waals surface area contributed by atoms with Crippen molar-refractivity contribution in [2.45, 2.75) is 68.8 Å². The Morgan fingerprint density at radius 2 is 1.77 bits per heavy atom. The molecule has 2 rings (SSSR count). The number of nitrogens with one attached hydrogen (secondary N) is 2. The predicted octanol–water partition coefficient (Wildman–Crippen LogP) is 1.96. The molecule has 26 heavy (non-hydrogen) atoms. The number of aryl methyl sites for hydroxylation is 1. The summed E-state index contributed by atoms with van der Waals surface area (Å²) in [7, 11) is -3.96. The van der Waals surface area contributed by atoms with Crippen LogP contribution in [-0.2, 0) is 19.6 Å². The highest BCUT2D eigenvalue weighted by Crippen LogP contribution is 2.17. The lowest BCUT2D eigenvalue weighted by molar-refractivity contribution is -0.139. The zero-order chi connectivity index (χ0) is 19.2. The van der Waals surface area contributed by atoms with Gasteiger partial charge in [0, 0.05) is 12.5 Å². The normalized spacial score (nSPS) is 16.8. The van der Waals surface area contributed by atoms with Crippen molar-refractivity contribution >= 4 is 21.9 Å². The van der Waals surface area contributed by atoms with E-state index in [9.17, 15) is 23.1 Å². The Balaban J connectivity index is 1.92. The van der Waals surface area contributed by atoms with Crippen molar-refractivity contribution in [1.82, 2.24) is 10.0 Å². The molecule has 0 saturated heterocycles. The van der Waals surface area contributed by atoms with Crippen LogP contribution in [-0.4, -0.2) is 37.5 Å². The smallest absolute Gasteiger partial charge is 0.321 e. The molecule has 1 aromatic rings. The van der Waals surface area contributed by atoms with Crippen molar-refractivity contribution in [2.24, 2.45) is 0 Å². The Labute approximate surface area is 154 Å². The molecule has 0 heterocycles. The van der Waals surface area contributed by atoms with Crippen LogP contribution in [0.2, 0.25) is 0 Å². The van der Waals surface area contributed by atoms with Gasteiger partial charge in [-0.1, -0.05) is 37.0 Å². The molecule has 1 unspecified atom stereocenters. The Morgan fingerprint density at radius 1 is 1.15 bits per heavy atom. The van der Waals surface area contributed by atoms with Crippen molar-refractivity contribution in [2.75, 3.05) is 0 Å². The van der Waals surface area contributed by atoms with Crippen LogP contribution in [0.15, 0.2) is 29.2 Å². The molecule has 7 nitrogen and oxygen atoms in total. The molecule has 0 aromatic heterocycles. The number of amides is 1. The fourth-order valence-corrected chi connectivity index (χ4v) is 4.25. The molecule has 1 aromatic carbocycles. The van der Waals surface area contributed by atoms with E-state index in [0.29, 0.717) is 0 Å². The van der Waals surface area contributed by atoms with Crippen LogP contribution in [0.3, 0.4) is 0 Å². The lowest BCUT2D eigenvalue weighted by Gasteiger charge is -2.23. The Morgan fingerprint density at radius 3 is 2.35 bits per heavy atom. The minimum Gasteiger partial charge on any atom is -0.480 e. The van der Waals surface area contributed by atoms with Gasteiger partial charge in [0.2, 0.25) is 15.9 Å². The number of aliphatic carboxylic acids is 1. The molecule has 1 aliphatic rings. The summed E-state index contributed by atoms with van der Waals surface area (Å²) in [5, 5.41) is 12.2. The SMILES string of the molecule is Cc1ccc(S(=O)(=O)NC(CCC(=O)NC2CCCCC2)C(=O)O)cc1. The number of hydrogen-bond donors (Lipinski definition) is 3. The van der Waals surface area contributed by atoms with Gasteiger partial charge < -0.3 is 10.4 Å². The molecule has 3 N–H and O–H groups in total. The van der Waals surface area contributed by atoms with Gasteiger partial charge >= 0.3 is 5.97 Å². The molecule has 1 atom stereocenters. The van der Waals surface area contributed by atoms with Crippen molar-refractivity contribution in [3.05, 3.63) is 29.8 Å². The van der Waals surface area contributed by atoms with Gasteiger partial charge in [-0.05, 0) is 38.3 Å². The maximum absolute atomic E-state index is 12.3. The maximum atomic E-state index is 12.3. The highest BCUT2D eigenvalue weighted by atomic mass is 32.2. The highest BCUT2D eigenvalue weighted by Gasteiger charge is 2.26. The van der Waals surface area contributed by atoms with Gasteiger partial charge in [0.05, 0.1) is 4.90 Å². The standard InChI is InChI=1S/C18H26N2O5S/c1-13-7-9-15(10-8-13)26(24,25)20-16(18(22)23)11-12-17(21)19-14-5-3-2-4-6-14/h7-10,14,16,20H,2-6,11-12H2,1H3,(H,19,21)(H,22,23). The second-order valence-electron chi connectivity index (χ2n) is 6.77. The number of carboxylic acid groups (broad SMARTS) is 1. The minimum atomic E-state index is -3.96. The average molecular weight is 382 g/mol. The van der Waals surface area contributed by atoms with E-state index >= 15 is 0 Å². The van der Waals surface area contributed by atoms with E-state index in [-0.39, 0.29) is 29.7 Å². The monoisotopic (exact) mass is 382 g/mol. The highest BCUT2D eigenvalue weighted by molar-refractivity contribution is 7.89. The molecule has 0 spiro atoms. The summed E-state index contributed by atoms with van der Waals surface area (Å²) in [6.45, 7) is 1.83. The van der Waals surface area contributed by atoms with Crippen molar-refractivity contribution in [3.8, 4) is 0 Å². The summed E-state index contributed by atoms with van der Waals surface area (Å²) in [6, 6.07) is 4.92. The first kappa shape index (κ1) is 20.4. The molecule has 1 aliphatic carbocycles. The van der Waals surface area contributed by atoms with Crippen LogP contribution in [0.25, 0.3) is 0 Å². The Bertz CT molecular complexity index is 724. The largest absolute Gasteiger partial charge is 0.480 e.